The molecular formula is C14H22N2O. The molecule has 0 bridgehead atoms. The fraction of sp³-hybridized carbons (Fsp3) is 0.500. The molecule has 1 rings (SSSR count). The Kier molecular flexibility index (Phi) is 5.70. The quantitative estimate of drug-likeness (QED) is 0.791. The van der Waals surface area contributed by atoms with Gasteiger partial charge in [-0.25, -0.2) is 0 Å². The van der Waals surface area contributed by atoms with Gasteiger partial charge >= 0.3 is 0 Å². The van der Waals surface area contributed by atoms with Crippen molar-refractivity contribution in [2.24, 2.45) is 5.73 Å². The SMILES string of the molecule is CCCC(C(=O)N[C@@H](C)CN)c1ccccc1. The highest BCUT2D eigenvalue weighted by molar-refractivity contribution is 5.83. The maximum absolute atomic E-state index is 12.1. The molecule has 1 unspecified atom stereocenters. The van der Waals surface area contributed by atoms with Crippen LogP contribution in [0.4, 0.5) is 0 Å². The van der Waals surface area contributed by atoms with Crippen LogP contribution in [0.3, 0.4) is 0 Å². The van der Waals surface area contributed by atoms with Crippen LogP contribution in [0.2, 0.25) is 0 Å². The van der Waals surface area contributed by atoms with Crippen molar-refractivity contribution < 1.29 is 4.79 Å². The van der Waals surface area contributed by atoms with E-state index in [4.69, 9.17) is 5.73 Å². The number of hydrogen-bond donors (Lipinski definition) is 2. The summed E-state index contributed by atoms with van der Waals surface area (Å²) in [7, 11) is 0. The third-order valence-electron chi connectivity index (χ3n) is 2.84. The van der Waals surface area contributed by atoms with Crippen molar-refractivity contribution in [3.8, 4) is 0 Å². The van der Waals surface area contributed by atoms with Gasteiger partial charge in [0.2, 0.25) is 5.91 Å². The molecule has 3 heteroatoms. The summed E-state index contributed by atoms with van der Waals surface area (Å²) in [6.45, 7) is 4.49. The predicted molar refractivity (Wildman–Crippen MR) is 70.8 cm³/mol. The summed E-state index contributed by atoms with van der Waals surface area (Å²) in [4.78, 5) is 12.1. The van der Waals surface area contributed by atoms with Crippen molar-refractivity contribution >= 4 is 5.91 Å². The molecule has 94 valence electrons. The first-order valence-electron chi connectivity index (χ1n) is 6.24. The molecule has 3 nitrogen and oxygen atoms in total. The first-order chi connectivity index (χ1) is 8.19. The highest BCUT2D eigenvalue weighted by Gasteiger charge is 2.20. The van der Waals surface area contributed by atoms with Gasteiger partial charge < -0.3 is 11.1 Å². The normalized spacial score (nSPS) is 14.1. The number of carbonyl (C=O) groups is 1. The average molecular weight is 234 g/mol. The molecule has 3 N–H and O–H groups in total. The number of nitrogens with two attached hydrogens (primary N) is 1. The van der Waals surface area contributed by atoms with Gasteiger partial charge in [-0.3, -0.25) is 4.79 Å². The van der Waals surface area contributed by atoms with Gasteiger partial charge in [0.15, 0.2) is 0 Å². The Labute approximate surface area is 103 Å². The third kappa shape index (κ3) is 4.19. The van der Waals surface area contributed by atoms with Crippen LogP contribution in [0.1, 0.15) is 38.2 Å². The first-order valence-corrected chi connectivity index (χ1v) is 6.24. The molecular weight excluding hydrogens is 212 g/mol. The molecule has 1 amide bonds. The lowest BCUT2D eigenvalue weighted by Crippen LogP contribution is -2.40. The van der Waals surface area contributed by atoms with E-state index in [2.05, 4.69) is 12.2 Å². The van der Waals surface area contributed by atoms with Gasteiger partial charge in [0.05, 0.1) is 5.92 Å². The molecule has 0 fully saturated rings. The van der Waals surface area contributed by atoms with E-state index in [1.807, 2.05) is 37.3 Å². The van der Waals surface area contributed by atoms with Gasteiger partial charge in [-0.15, -0.1) is 0 Å². The third-order valence-corrected chi connectivity index (χ3v) is 2.84. The maximum Gasteiger partial charge on any atom is 0.227 e. The molecule has 0 aliphatic carbocycles. The molecule has 1 aromatic carbocycles. The Hall–Kier alpha value is -1.35. The highest BCUT2D eigenvalue weighted by atomic mass is 16.1. The van der Waals surface area contributed by atoms with Gasteiger partial charge in [-0.05, 0) is 18.9 Å². The monoisotopic (exact) mass is 234 g/mol. The number of benzene rings is 1. The zero-order chi connectivity index (χ0) is 12.7. The van der Waals surface area contributed by atoms with E-state index in [1.54, 1.807) is 0 Å². The summed E-state index contributed by atoms with van der Waals surface area (Å²) in [5.74, 6) is 0.0196. The first kappa shape index (κ1) is 13.7. The Morgan fingerprint density at radius 1 is 1.35 bits per heavy atom. The number of hydrogen-bond acceptors (Lipinski definition) is 2. The van der Waals surface area contributed by atoms with Crippen molar-refractivity contribution in [2.75, 3.05) is 6.54 Å². The number of nitrogens with one attached hydrogen (secondary N) is 1. The highest BCUT2D eigenvalue weighted by Crippen LogP contribution is 2.21. The molecule has 0 heterocycles. The molecule has 17 heavy (non-hydrogen) atoms. The van der Waals surface area contributed by atoms with Crippen LogP contribution in [0, 0.1) is 0 Å². The summed E-state index contributed by atoms with van der Waals surface area (Å²) in [6, 6.07) is 9.95. The second-order valence-electron chi connectivity index (χ2n) is 4.40. The lowest BCUT2D eigenvalue weighted by atomic mass is 9.93. The number of carbonyl (C=O) groups excluding carboxylic acids is 1. The number of amides is 1. The Morgan fingerprint density at radius 2 is 2.00 bits per heavy atom. The summed E-state index contributed by atoms with van der Waals surface area (Å²) in [5, 5.41) is 2.95. The van der Waals surface area contributed by atoms with Gasteiger partial charge in [0, 0.05) is 12.6 Å². The number of rotatable bonds is 6. The van der Waals surface area contributed by atoms with Crippen LogP contribution in [0.15, 0.2) is 30.3 Å². The fourth-order valence-corrected chi connectivity index (χ4v) is 1.83. The molecule has 2 atom stereocenters. The minimum atomic E-state index is -0.0600. The Morgan fingerprint density at radius 3 is 2.53 bits per heavy atom. The van der Waals surface area contributed by atoms with Crippen molar-refractivity contribution in [2.45, 2.75) is 38.6 Å². The predicted octanol–water partition coefficient (Wildman–Crippen LogP) is 2.03. The average Bonchev–Trinajstić information content (AvgIpc) is 2.36. The van der Waals surface area contributed by atoms with E-state index in [0.717, 1.165) is 18.4 Å². The van der Waals surface area contributed by atoms with Crippen molar-refractivity contribution in [3.63, 3.8) is 0 Å². The molecule has 0 spiro atoms. The molecule has 0 saturated heterocycles. The van der Waals surface area contributed by atoms with E-state index < -0.39 is 0 Å². The largest absolute Gasteiger partial charge is 0.352 e. The zero-order valence-electron chi connectivity index (χ0n) is 10.6. The van der Waals surface area contributed by atoms with Crippen molar-refractivity contribution in [1.82, 2.24) is 5.32 Å². The van der Waals surface area contributed by atoms with E-state index in [9.17, 15) is 4.79 Å². The standard InChI is InChI=1S/C14H22N2O/c1-3-7-13(12-8-5-4-6-9-12)14(17)16-11(2)10-15/h4-6,8-9,11,13H,3,7,10,15H2,1-2H3,(H,16,17)/t11-,13?/m0/s1. The Bertz CT molecular complexity index is 337. The maximum atomic E-state index is 12.1. The molecule has 1 aromatic rings. The van der Waals surface area contributed by atoms with Crippen LogP contribution in [0.5, 0.6) is 0 Å². The van der Waals surface area contributed by atoms with Crippen LogP contribution < -0.4 is 11.1 Å². The minimum Gasteiger partial charge on any atom is -0.352 e. The molecule has 0 saturated carbocycles. The summed E-state index contributed by atoms with van der Waals surface area (Å²) in [5.41, 5.74) is 6.60. The topological polar surface area (TPSA) is 55.1 Å². The molecule has 0 aliphatic heterocycles. The van der Waals surface area contributed by atoms with Gasteiger partial charge in [0.25, 0.3) is 0 Å². The van der Waals surface area contributed by atoms with E-state index in [-0.39, 0.29) is 17.9 Å². The fourth-order valence-electron chi connectivity index (χ4n) is 1.83. The summed E-state index contributed by atoms with van der Waals surface area (Å²) >= 11 is 0. The summed E-state index contributed by atoms with van der Waals surface area (Å²) in [6.07, 6.45) is 1.86. The second-order valence-corrected chi connectivity index (χ2v) is 4.40. The van der Waals surface area contributed by atoms with E-state index in [0.29, 0.717) is 6.54 Å². The van der Waals surface area contributed by atoms with E-state index >= 15 is 0 Å². The van der Waals surface area contributed by atoms with Crippen LogP contribution in [0.25, 0.3) is 0 Å². The van der Waals surface area contributed by atoms with Crippen molar-refractivity contribution in [3.05, 3.63) is 35.9 Å². The van der Waals surface area contributed by atoms with Crippen LogP contribution >= 0.6 is 0 Å². The second kappa shape index (κ2) is 7.07. The van der Waals surface area contributed by atoms with Crippen LogP contribution in [-0.4, -0.2) is 18.5 Å². The Balaban J connectivity index is 2.75. The van der Waals surface area contributed by atoms with Gasteiger partial charge in [-0.1, -0.05) is 43.7 Å². The van der Waals surface area contributed by atoms with Crippen molar-refractivity contribution in [1.29, 1.82) is 0 Å². The van der Waals surface area contributed by atoms with E-state index in [1.165, 1.54) is 0 Å². The lowest BCUT2D eigenvalue weighted by Gasteiger charge is -2.19. The lowest BCUT2D eigenvalue weighted by molar-refractivity contribution is -0.123. The molecule has 0 radical (unpaired) electrons. The smallest absolute Gasteiger partial charge is 0.227 e. The summed E-state index contributed by atoms with van der Waals surface area (Å²) < 4.78 is 0. The molecule has 0 aromatic heterocycles. The van der Waals surface area contributed by atoms with Crippen LogP contribution in [-0.2, 0) is 4.79 Å². The zero-order valence-corrected chi connectivity index (χ0v) is 10.6. The molecule has 0 aliphatic rings. The van der Waals surface area contributed by atoms with Gasteiger partial charge in [-0.2, -0.15) is 0 Å². The van der Waals surface area contributed by atoms with Gasteiger partial charge in [0.1, 0.15) is 0 Å². The minimum absolute atomic E-state index is 0.0329.